The molecule has 4 heteroatoms. The number of likely N-dealkylation sites (N-methyl/N-ethyl adjacent to an activating group) is 1. The van der Waals surface area contributed by atoms with Crippen LogP contribution in [0.4, 0.5) is 0 Å². The highest BCUT2D eigenvalue weighted by Crippen LogP contribution is 2.35. The van der Waals surface area contributed by atoms with Gasteiger partial charge in [-0.25, -0.2) is 0 Å². The van der Waals surface area contributed by atoms with E-state index in [4.69, 9.17) is 11.6 Å². The van der Waals surface area contributed by atoms with Crippen LogP contribution < -0.4 is 0 Å². The van der Waals surface area contributed by atoms with Crippen molar-refractivity contribution in [1.29, 1.82) is 0 Å². The molecule has 0 unspecified atom stereocenters. The molecule has 0 saturated heterocycles. The molecule has 0 spiro atoms. The fourth-order valence-electron chi connectivity index (χ4n) is 3.99. The highest BCUT2D eigenvalue weighted by Gasteiger charge is 2.27. The Hall–Kier alpha value is -1.84. The maximum Gasteiger partial charge on any atom is 0.0487 e. The molecule has 0 saturated carbocycles. The average molecular weight is 354 g/mol. The van der Waals surface area contributed by atoms with Gasteiger partial charge < -0.3 is 9.47 Å². The number of benzene rings is 1. The zero-order valence-corrected chi connectivity index (χ0v) is 15.8. The molecule has 130 valence electrons. The molecule has 1 aliphatic rings. The second-order valence-electron chi connectivity index (χ2n) is 7.79. The molecular weight excluding hydrogens is 330 g/mol. The summed E-state index contributed by atoms with van der Waals surface area (Å²) in [5.74, 6) is 0. The summed E-state index contributed by atoms with van der Waals surface area (Å²) in [6, 6.07) is 10.5. The van der Waals surface area contributed by atoms with E-state index in [0.717, 1.165) is 31.1 Å². The number of nitrogens with zero attached hydrogens (tertiary/aromatic N) is 3. The summed E-state index contributed by atoms with van der Waals surface area (Å²) in [5.41, 5.74) is 5.48. The lowest BCUT2D eigenvalue weighted by Crippen LogP contribution is -2.30. The molecular formula is C21H24ClN3. The van der Waals surface area contributed by atoms with E-state index in [1.54, 1.807) is 0 Å². The second-order valence-corrected chi connectivity index (χ2v) is 8.22. The van der Waals surface area contributed by atoms with Crippen LogP contribution in [0.15, 0.2) is 42.7 Å². The minimum atomic E-state index is 0.0109. The number of halogens is 1. The lowest BCUT2D eigenvalue weighted by atomic mass is 9.85. The molecule has 3 nitrogen and oxygen atoms in total. The van der Waals surface area contributed by atoms with E-state index in [9.17, 15) is 0 Å². The molecule has 3 aromatic rings. The fourth-order valence-corrected chi connectivity index (χ4v) is 4.16. The van der Waals surface area contributed by atoms with E-state index in [2.05, 4.69) is 53.5 Å². The third kappa shape index (κ3) is 2.96. The molecule has 0 fully saturated rings. The Morgan fingerprint density at radius 1 is 1.24 bits per heavy atom. The first-order valence-corrected chi connectivity index (χ1v) is 9.22. The summed E-state index contributed by atoms with van der Waals surface area (Å²) in [6.45, 7) is 7.63. The predicted molar refractivity (Wildman–Crippen MR) is 104 cm³/mol. The molecule has 0 atom stereocenters. The van der Waals surface area contributed by atoms with Crippen molar-refractivity contribution in [2.24, 2.45) is 0 Å². The third-order valence-corrected chi connectivity index (χ3v) is 5.64. The van der Waals surface area contributed by atoms with Crippen LogP contribution in [0.3, 0.4) is 0 Å². The monoisotopic (exact) mass is 353 g/mol. The van der Waals surface area contributed by atoms with Gasteiger partial charge in [0.15, 0.2) is 0 Å². The van der Waals surface area contributed by atoms with Gasteiger partial charge in [0.25, 0.3) is 0 Å². The van der Waals surface area contributed by atoms with Gasteiger partial charge in [0.1, 0.15) is 0 Å². The van der Waals surface area contributed by atoms with E-state index in [1.165, 1.54) is 27.7 Å². The summed E-state index contributed by atoms with van der Waals surface area (Å²) in [6.07, 6.45) is 4.91. The molecule has 25 heavy (non-hydrogen) atoms. The highest BCUT2D eigenvalue weighted by molar-refractivity contribution is 6.31. The Morgan fingerprint density at radius 2 is 2.08 bits per heavy atom. The number of pyridine rings is 1. The van der Waals surface area contributed by atoms with Crippen molar-refractivity contribution in [1.82, 2.24) is 14.5 Å². The molecule has 0 aliphatic carbocycles. The Bertz CT molecular complexity index is 912. The van der Waals surface area contributed by atoms with Gasteiger partial charge in [0, 0.05) is 65.5 Å². The van der Waals surface area contributed by atoms with Crippen molar-refractivity contribution in [2.75, 3.05) is 13.6 Å². The van der Waals surface area contributed by atoms with E-state index >= 15 is 0 Å². The first-order chi connectivity index (χ1) is 12.0. The summed E-state index contributed by atoms with van der Waals surface area (Å²) in [4.78, 5) is 6.71. The maximum atomic E-state index is 6.30. The van der Waals surface area contributed by atoms with Crippen LogP contribution in [0.5, 0.6) is 0 Å². The van der Waals surface area contributed by atoms with Crippen LogP contribution in [-0.2, 0) is 24.9 Å². The third-order valence-electron chi connectivity index (χ3n) is 5.40. The Labute approximate surface area is 154 Å². The summed E-state index contributed by atoms with van der Waals surface area (Å²) >= 11 is 6.30. The number of hydrogen-bond acceptors (Lipinski definition) is 2. The summed E-state index contributed by atoms with van der Waals surface area (Å²) in [5, 5.41) is 2.11. The van der Waals surface area contributed by atoms with Crippen molar-refractivity contribution in [3.8, 4) is 0 Å². The Morgan fingerprint density at radius 3 is 2.84 bits per heavy atom. The van der Waals surface area contributed by atoms with Gasteiger partial charge in [0.2, 0.25) is 0 Å². The van der Waals surface area contributed by atoms with E-state index < -0.39 is 0 Å². The van der Waals surface area contributed by atoms with Gasteiger partial charge in [-0.3, -0.25) is 4.98 Å². The van der Waals surface area contributed by atoms with Gasteiger partial charge in [0.05, 0.1) is 0 Å². The molecule has 3 heterocycles. The molecule has 0 amide bonds. The molecule has 1 aromatic carbocycles. The number of rotatable bonds is 3. The van der Waals surface area contributed by atoms with Crippen LogP contribution in [0.1, 0.15) is 30.7 Å². The van der Waals surface area contributed by atoms with E-state index in [0.29, 0.717) is 0 Å². The highest BCUT2D eigenvalue weighted by atomic mass is 35.5. The smallest absolute Gasteiger partial charge is 0.0487 e. The summed E-state index contributed by atoms with van der Waals surface area (Å²) < 4.78 is 2.51. The number of aromatic nitrogens is 2. The van der Waals surface area contributed by atoms with E-state index in [1.807, 2.05) is 24.5 Å². The zero-order chi connectivity index (χ0) is 17.6. The Kier molecular flexibility index (Phi) is 4.09. The first-order valence-electron chi connectivity index (χ1n) is 8.84. The van der Waals surface area contributed by atoms with Crippen molar-refractivity contribution in [2.45, 2.75) is 38.8 Å². The normalized spacial score (nSPS) is 15.5. The van der Waals surface area contributed by atoms with Crippen LogP contribution in [0.2, 0.25) is 5.02 Å². The predicted octanol–water partition coefficient (Wildman–Crippen LogP) is 4.66. The van der Waals surface area contributed by atoms with Crippen LogP contribution in [-0.4, -0.2) is 28.0 Å². The average Bonchev–Trinajstić information content (AvgIpc) is 2.88. The van der Waals surface area contributed by atoms with Gasteiger partial charge >= 0.3 is 0 Å². The first kappa shape index (κ1) is 16.6. The van der Waals surface area contributed by atoms with Gasteiger partial charge in [-0.2, -0.15) is 0 Å². The van der Waals surface area contributed by atoms with Gasteiger partial charge in [-0.1, -0.05) is 31.5 Å². The Balaban J connectivity index is 1.85. The standard InChI is InChI=1S/C21H24ClN3/c1-21(2,15-5-4-9-23-12-15)14-25-19-7-6-16(22)11-17(19)18-13-24(3)10-8-20(18)25/h4-7,9,11-12H,8,10,13-14H2,1-3H3. The lowest BCUT2D eigenvalue weighted by Gasteiger charge is -2.29. The zero-order valence-electron chi connectivity index (χ0n) is 15.1. The van der Waals surface area contributed by atoms with Gasteiger partial charge in [-0.15, -0.1) is 0 Å². The van der Waals surface area contributed by atoms with E-state index in [-0.39, 0.29) is 5.41 Å². The summed E-state index contributed by atoms with van der Waals surface area (Å²) in [7, 11) is 2.19. The van der Waals surface area contributed by atoms with Crippen LogP contribution in [0, 0.1) is 0 Å². The fraction of sp³-hybridized carbons (Fsp3) is 0.381. The maximum absolute atomic E-state index is 6.30. The molecule has 0 N–H and O–H groups in total. The number of hydrogen-bond donors (Lipinski definition) is 0. The largest absolute Gasteiger partial charge is 0.343 e. The number of fused-ring (bicyclic) bond motifs is 3. The topological polar surface area (TPSA) is 21.1 Å². The quantitative estimate of drug-likeness (QED) is 0.683. The van der Waals surface area contributed by atoms with Crippen molar-refractivity contribution < 1.29 is 0 Å². The minimum absolute atomic E-state index is 0.0109. The van der Waals surface area contributed by atoms with Crippen LogP contribution >= 0.6 is 11.6 Å². The van der Waals surface area contributed by atoms with Crippen molar-refractivity contribution >= 4 is 22.5 Å². The van der Waals surface area contributed by atoms with Gasteiger partial charge in [-0.05, 0) is 42.4 Å². The SMILES string of the molecule is CN1CCc2c(c3cc(Cl)ccc3n2CC(C)(C)c2cccnc2)C1. The second kappa shape index (κ2) is 6.15. The van der Waals surface area contributed by atoms with Crippen molar-refractivity contribution in [3.05, 3.63) is 64.6 Å². The molecule has 0 bridgehead atoms. The van der Waals surface area contributed by atoms with Crippen LogP contribution in [0.25, 0.3) is 10.9 Å². The molecule has 2 aromatic heterocycles. The molecule has 4 rings (SSSR count). The van der Waals surface area contributed by atoms with Crippen molar-refractivity contribution in [3.63, 3.8) is 0 Å². The minimum Gasteiger partial charge on any atom is -0.343 e. The lowest BCUT2D eigenvalue weighted by molar-refractivity contribution is 0.306. The molecule has 0 radical (unpaired) electrons. The molecule has 1 aliphatic heterocycles.